The van der Waals surface area contributed by atoms with E-state index in [0.29, 0.717) is 6.42 Å². The fraction of sp³-hybridized carbons (Fsp3) is 0.750. The van der Waals surface area contributed by atoms with Crippen molar-refractivity contribution in [1.29, 1.82) is 0 Å². The van der Waals surface area contributed by atoms with Crippen LogP contribution in [0.25, 0.3) is 0 Å². The lowest BCUT2D eigenvalue weighted by Gasteiger charge is -2.07. The predicted molar refractivity (Wildman–Crippen MR) is 49.8 cm³/mol. The van der Waals surface area contributed by atoms with Crippen LogP contribution in [0.15, 0.2) is 12.7 Å². The molecule has 0 aliphatic heterocycles. The van der Waals surface area contributed by atoms with Gasteiger partial charge in [0.15, 0.2) is 0 Å². The molecule has 0 fully saturated rings. The summed E-state index contributed by atoms with van der Waals surface area (Å²) in [5, 5.41) is 9.20. The molecule has 12 heavy (non-hydrogen) atoms. The third-order valence-electron chi connectivity index (χ3n) is 1.44. The smallest absolute Gasteiger partial charge is 0.149 e. The van der Waals surface area contributed by atoms with Crippen LogP contribution in [0.2, 0.25) is 0 Å². The SMILES string of the molecule is C=CCCCC(O)CS(C)(=O)=O. The maximum absolute atomic E-state index is 10.7. The first-order valence-corrected chi connectivity index (χ1v) is 5.98. The second-order valence-electron chi connectivity index (χ2n) is 2.97. The Kier molecular flexibility index (Phi) is 5.17. The van der Waals surface area contributed by atoms with Gasteiger partial charge in [-0.3, -0.25) is 0 Å². The molecule has 0 spiro atoms. The number of hydrogen-bond acceptors (Lipinski definition) is 3. The van der Waals surface area contributed by atoms with E-state index in [1.54, 1.807) is 6.08 Å². The molecule has 0 heterocycles. The number of sulfone groups is 1. The van der Waals surface area contributed by atoms with Crippen LogP contribution in [0.1, 0.15) is 19.3 Å². The van der Waals surface area contributed by atoms with E-state index in [9.17, 15) is 13.5 Å². The average molecular weight is 192 g/mol. The van der Waals surface area contributed by atoms with Gasteiger partial charge in [0.05, 0.1) is 11.9 Å². The van der Waals surface area contributed by atoms with Gasteiger partial charge in [0.1, 0.15) is 9.84 Å². The summed E-state index contributed by atoms with van der Waals surface area (Å²) in [5.41, 5.74) is 0. The van der Waals surface area contributed by atoms with Gasteiger partial charge in [-0.05, 0) is 19.3 Å². The molecular weight excluding hydrogens is 176 g/mol. The summed E-state index contributed by atoms with van der Waals surface area (Å²) < 4.78 is 21.4. The van der Waals surface area contributed by atoms with Crippen molar-refractivity contribution in [2.75, 3.05) is 12.0 Å². The zero-order valence-electron chi connectivity index (χ0n) is 7.36. The van der Waals surface area contributed by atoms with Crippen molar-refractivity contribution in [2.24, 2.45) is 0 Å². The van der Waals surface area contributed by atoms with Crippen molar-refractivity contribution < 1.29 is 13.5 Å². The molecule has 3 nitrogen and oxygen atoms in total. The van der Waals surface area contributed by atoms with Crippen LogP contribution in [0.3, 0.4) is 0 Å². The van der Waals surface area contributed by atoms with Gasteiger partial charge < -0.3 is 5.11 Å². The topological polar surface area (TPSA) is 54.4 Å². The zero-order chi connectivity index (χ0) is 9.61. The molecule has 0 aromatic carbocycles. The summed E-state index contributed by atoms with van der Waals surface area (Å²) in [6.07, 6.45) is 4.30. The number of rotatable bonds is 6. The highest BCUT2D eigenvalue weighted by atomic mass is 32.2. The van der Waals surface area contributed by atoms with Gasteiger partial charge in [-0.25, -0.2) is 8.42 Å². The lowest BCUT2D eigenvalue weighted by atomic mass is 10.2. The standard InChI is InChI=1S/C8H16O3S/c1-3-4-5-6-8(9)7-12(2,10)11/h3,8-9H,1,4-7H2,2H3. The molecule has 0 rings (SSSR count). The number of aliphatic hydroxyl groups is 1. The monoisotopic (exact) mass is 192 g/mol. The number of allylic oxidation sites excluding steroid dienone is 1. The van der Waals surface area contributed by atoms with Crippen LogP contribution in [-0.2, 0) is 9.84 Å². The highest BCUT2D eigenvalue weighted by molar-refractivity contribution is 7.90. The van der Waals surface area contributed by atoms with Gasteiger partial charge in [-0.2, -0.15) is 0 Å². The first kappa shape index (κ1) is 11.6. The van der Waals surface area contributed by atoms with Gasteiger partial charge in [-0.1, -0.05) is 6.08 Å². The molecule has 0 aliphatic carbocycles. The first-order chi connectivity index (χ1) is 5.45. The Hall–Kier alpha value is -0.350. The molecule has 0 aliphatic rings. The quantitative estimate of drug-likeness (QED) is 0.499. The minimum Gasteiger partial charge on any atom is -0.392 e. The van der Waals surface area contributed by atoms with Crippen molar-refractivity contribution in [3.05, 3.63) is 12.7 Å². The molecule has 0 radical (unpaired) electrons. The Labute approximate surface area is 74.0 Å². The molecule has 0 amide bonds. The van der Waals surface area contributed by atoms with Gasteiger partial charge >= 0.3 is 0 Å². The summed E-state index contributed by atoms with van der Waals surface area (Å²) in [6, 6.07) is 0. The van der Waals surface area contributed by atoms with E-state index in [0.717, 1.165) is 19.1 Å². The van der Waals surface area contributed by atoms with Crippen LogP contribution in [0.5, 0.6) is 0 Å². The van der Waals surface area contributed by atoms with Crippen LogP contribution >= 0.6 is 0 Å². The Balaban J connectivity index is 3.60. The zero-order valence-corrected chi connectivity index (χ0v) is 8.18. The van der Waals surface area contributed by atoms with Gasteiger partial charge in [0.2, 0.25) is 0 Å². The molecule has 4 heteroatoms. The molecule has 0 saturated heterocycles. The highest BCUT2D eigenvalue weighted by Gasteiger charge is 2.10. The minimum atomic E-state index is -3.04. The lowest BCUT2D eigenvalue weighted by Crippen LogP contribution is -2.19. The normalized spacial score (nSPS) is 14.2. The van der Waals surface area contributed by atoms with Crippen molar-refractivity contribution in [2.45, 2.75) is 25.4 Å². The van der Waals surface area contributed by atoms with E-state index in [2.05, 4.69) is 6.58 Å². The third kappa shape index (κ3) is 7.75. The van der Waals surface area contributed by atoms with E-state index < -0.39 is 15.9 Å². The average Bonchev–Trinajstić information content (AvgIpc) is 1.84. The van der Waals surface area contributed by atoms with Crippen molar-refractivity contribution in [1.82, 2.24) is 0 Å². The van der Waals surface area contributed by atoms with Crippen LogP contribution in [0.4, 0.5) is 0 Å². The molecular formula is C8H16O3S. The van der Waals surface area contributed by atoms with Crippen LogP contribution in [-0.4, -0.2) is 31.6 Å². The van der Waals surface area contributed by atoms with Crippen LogP contribution < -0.4 is 0 Å². The number of hydrogen-bond donors (Lipinski definition) is 1. The summed E-state index contributed by atoms with van der Waals surface area (Å²) in [5.74, 6) is -0.135. The third-order valence-corrected chi connectivity index (χ3v) is 2.43. The van der Waals surface area contributed by atoms with E-state index in [-0.39, 0.29) is 5.75 Å². The van der Waals surface area contributed by atoms with Crippen molar-refractivity contribution in [3.63, 3.8) is 0 Å². The molecule has 0 aromatic heterocycles. The Morgan fingerprint density at radius 2 is 2.17 bits per heavy atom. The molecule has 0 bridgehead atoms. The molecule has 1 unspecified atom stereocenters. The predicted octanol–water partition coefficient (Wildman–Crippen LogP) is 0.748. The summed E-state index contributed by atoms with van der Waals surface area (Å²) in [6.45, 7) is 3.53. The Morgan fingerprint density at radius 1 is 1.58 bits per heavy atom. The Morgan fingerprint density at radius 3 is 2.58 bits per heavy atom. The second kappa shape index (κ2) is 5.32. The fourth-order valence-corrected chi connectivity index (χ4v) is 1.80. The molecule has 0 saturated carbocycles. The van der Waals surface area contributed by atoms with E-state index in [4.69, 9.17) is 0 Å². The Bertz CT molecular complexity index is 218. The molecule has 0 aromatic rings. The maximum Gasteiger partial charge on any atom is 0.149 e. The summed E-state index contributed by atoms with van der Waals surface area (Å²) >= 11 is 0. The lowest BCUT2D eigenvalue weighted by molar-refractivity contribution is 0.184. The van der Waals surface area contributed by atoms with Crippen molar-refractivity contribution >= 4 is 9.84 Å². The number of aliphatic hydroxyl groups excluding tert-OH is 1. The first-order valence-electron chi connectivity index (χ1n) is 3.92. The summed E-state index contributed by atoms with van der Waals surface area (Å²) in [4.78, 5) is 0. The van der Waals surface area contributed by atoms with E-state index >= 15 is 0 Å². The fourth-order valence-electron chi connectivity index (χ4n) is 0.931. The van der Waals surface area contributed by atoms with E-state index in [1.165, 1.54) is 0 Å². The molecule has 1 atom stereocenters. The van der Waals surface area contributed by atoms with Gasteiger partial charge in [-0.15, -0.1) is 6.58 Å². The second-order valence-corrected chi connectivity index (χ2v) is 5.15. The molecule has 72 valence electrons. The summed E-state index contributed by atoms with van der Waals surface area (Å²) in [7, 11) is -3.04. The largest absolute Gasteiger partial charge is 0.392 e. The maximum atomic E-state index is 10.7. The highest BCUT2D eigenvalue weighted by Crippen LogP contribution is 2.03. The molecule has 1 N–H and O–H groups in total. The van der Waals surface area contributed by atoms with Gasteiger partial charge in [0.25, 0.3) is 0 Å². The van der Waals surface area contributed by atoms with Crippen LogP contribution in [0, 0.1) is 0 Å². The number of unbranched alkanes of at least 4 members (excludes halogenated alkanes) is 1. The minimum absolute atomic E-state index is 0.135. The van der Waals surface area contributed by atoms with Gasteiger partial charge in [0, 0.05) is 6.26 Å². The van der Waals surface area contributed by atoms with Crippen molar-refractivity contribution in [3.8, 4) is 0 Å². The van der Waals surface area contributed by atoms with E-state index in [1.807, 2.05) is 0 Å².